The summed E-state index contributed by atoms with van der Waals surface area (Å²) in [4.78, 5) is 11.9. The van der Waals surface area contributed by atoms with E-state index in [1.807, 2.05) is 0 Å². The number of aryl methyl sites for hydroxylation is 1. The van der Waals surface area contributed by atoms with Gasteiger partial charge in [-0.3, -0.25) is 9.80 Å². The molecule has 5 heteroatoms. The Bertz CT molecular complexity index is 458. The molecule has 0 spiro atoms. The van der Waals surface area contributed by atoms with Crippen LogP contribution in [0.2, 0.25) is 5.02 Å². The Hall–Kier alpha value is -1.13. The van der Waals surface area contributed by atoms with Crippen molar-refractivity contribution in [3.63, 3.8) is 0 Å². The van der Waals surface area contributed by atoms with Crippen molar-refractivity contribution in [2.45, 2.75) is 26.2 Å². The lowest BCUT2D eigenvalue weighted by molar-refractivity contribution is -0.135. The number of nitrogens with zero attached hydrogens (tertiary/aromatic N) is 1. The van der Waals surface area contributed by atoms with Crippen LogP contribution in [0.5, 0.6) is 0 Å². The molecular formula is C12H16ClFN2O. The van der Waals surface area contributed by atoms with Gasteiger partial charge in [-0.25, -0.2) is 10.2 Å². The SMILES string of the molecule is Cc1cc(Cl)c(C(C)(C)C(=O)N(C)N)cc1F. The van der Waals surface area contributed by atoms with Crippen LogP contribution in [0.4, 0.5) is 4.39 Å². The normalized spacial score (nSPS) is 11.5. The van der Waals surface area contributed by atoms with E-state index in [0.29, 0.717) is 16.1 Å². The quantitative estimate of drug-likeness (QED) is 0.503. The minimum atomic E-state index is -0.963. The number of hydrogen-bond donors (Lipinski definition) is 1. The Morgan fingerprint density at radius 1 is 1.47 bits per heavy atom. The van der Waals surface area contributed by atoms with Crippen molar-refractivity contribution in [3.05, 3.63) is 34.1 Å². The van der Waals surface area contributed by atoms with E-state index in [1.165, 1.54) is 19.2 Å². The highest BCUT2D eigenvalue weighted by Crippen LogP contribution is 2.32. The van der Waals surface area contributed by atoms with Crippen LogP contribution < -0.4 is 5.84 Å². The van der Waals surface area contributed by atoms with E-state index >= 15 is 0 Å². The molecule has 0 aliphatic rings. The first-order valence-corrected chi connectivity index (χ1v) is 5.54. The van der Waals surface area contributed by atoms with Crippen molar-refractivity contribution in [1.82, 2.24) is 5.01 Å². The fraction of sp³-hybridized carbons (Fsp3) is 0.417. The van der Waals surface area contributed by atoms with Crippen molar-refractivity contribution < 1.29 is 9.18 Å². The number of carbonyl (C=O) groups is 1. The number of carbonyl (C=O) groups excluding carboxylic acids is 1. The lowest BCUT2D eigenvalue weighted by Gasteiger charge is -2.28. The molecule has 1 aromatic carbocycles. The van der Waals surface area contributed by atoms with Crippen LogP contribution in [0, 0.1) is 12.7 Å². The molecule has 0 radical (unpaired) electrons. The highest BCUT2D eigenvalue weighted by Gasteiger charge is 2.34. The molecule has 0 saturated carbocycles. The van der Waals surface area contributed by atoms with Crippen molar-refractivity contribution in [1.29, 1.82) is 0 Å². The Morgan fingerprint density at radius 3 is 2.47 bits per heavy atom. The second-order valence-electron chi connectivity index (χ2n) is 4.62. The van der Waals surface area contributed by atoms with Crippen molar-refractivity contribution in [2.75, 3.05) is 7.05 Å². The molecule has 0 aliphatic carbocycles. The Balaban J connectivity index is 3.33. The molecule has 1 rings (SSSR count). The predicted octanol–water partition coefficient (Wildman–Crippen LogP) is 2.40. The standard InChI is InChI=1S/C12H16ClFN2O/c1-7-5-9(13)8(6-10(7)14)12(2,3)11(17)16(4)15/h5-6H,15H2,1-4H3. The third-order valence-electron chi connectivity index (χ3n) is 2.78. The maximum Gasteiger partial charge on any atom is 0.246 e. The minimum absolute atomic E-state index is 0.331. The van der Waals surface area contributed by atoms with Gasteiger partial charge in [-0.15, -0.1) is 0 Å². The average Bonchev–Trinajstić information content (AvgIpc) is 2.21. The molecule has 0 heterocycles. The van der Waals surface area contributed by atoms with Crippen molar-refractivity contribution >= 4 is 17.5 Å². The lowest BCUT2D eigenvalue weighted by atomic mass is 9.83. The predicted molar refractivity (Wildman–Crippen MR) is 66.1 cm³/mol. The van der Waals surface area contributed by atoms with Gasteiger partial charge in [0.05, 0.1) is 5.41 Å². The Labute approximate surface area is 105 Å². The van der Waals surface area contributed by atoms with Crippen LogP contribution in [0.25, 0.3) is 0 Å². The van der Waals surface area contributed by atoms with E-state index in [4.69, 9.17) is 17.4 Å². The summed E-state index contributed by atoms with van der Waals surface area (Å²) in [6.45, 7) is 4.94. The van der Waals surface area contributed by atoms with Crippen LogP contribution in [0.3, 0.4) is 0 Å². The minimum Gasteiger partial charge on any atom is -0.283 e. The zero-order chi connectivity index (χ0) is 13.4. The molecule has 2 N–H and O–H groups in total. The van der Waals surface area contributed by atoms with Gasteiger partial charge in [-0.1, -0.05) is 11.6 Å². The summed E-state index contributed by atoms with van der Waals surface area (Å²) in [5.41, 5.74) is -0.0811. The second kappa shape index (κ2) is 4.63. The number of hydrazine groups is 1. The van der Waals surface area contributed by atoms with Crippen LogP contribution >= 0.6 is 11.6 Å². The van der Waals surface area contributed by atoms with Crippen LogP contribution in [-0.2, 0) is 10.2 Å². The summed E-state index contributed by atoms with van der Waals surface area (Å²) in [6.07, 6.45) is 0. The highest BCUT2D eigenvalue weighted by atomic mass is 35.5. The first-order valence-electron chi connectivity index (χ1n) is 5.17. The highest BCUT2D eigenvalue weighted by molar-refractivity contribution is 6.31. The van der Waals surface area contributed by atoms with E-state index in [0.717, 1.165) is 5.01 Å². The number of rotatable bonds is 2. The van der Waals surface area contributed by atoms with Gasteiger partial charge in [0.25, 0.3) is 0 Å². The first kappa shape index (κ1) is 13.9. The van der Waals surface area contributed by atoms with Gasteiger partial charge in [0.1, 0.15) is 5.82 Å². The summed E-state index contributed by atoms with van der Waals surface area (Å²) in [7, 11) is 1.45. The zero-order valence-electron chi connectivity index (χ0n) is 10.3. The third kappa shape index (κ3) is 2.58. The van der Waals surface area contributed by atoms with E-state index in [1.54, 1.807) is 20.8 Å². The van der Waals surface area contributed by atoms with Gasteiger partial charge in [0.2, 0.25) is 5.91 Å². The van der Waals surface area contributed by atoms with E-state index in [9.17, 15) is 9.18 Å². The lowest BCUT2D eigenvalue weighted by Crippen LogP contribution is -2.45. The average molecular weight is 259 g/mol. The van der Waals surface area contributed by atoms with Gasteiger partial charge in [-0.2, -0.15) is 0 Å². The summed E-state index contributed by atoms with van der Waals surface area (Å²) in [5, 5.41) is 1.35. The van der Waals surface area contributed by atoms with E-state index in [-0.39, 0.29) is 11.7 Å². The molecule has 0 atom stereocenters. The fourth-order valence-electron chi connectivity index (χ4n) is 1.68. The summed E-state index contributed by atoms with van der Waals surface area (Å²) in [5.74, 6) is 4.71. The van der Waals surface area contributed by atoms with Crippen LogP contribution in [0.15, 0.2) is 12.1 Å². The van der Waals surface area contributed by atoms with Gasteiger partial charge < -0.3 is 0 Å². The second-order valence-corrected chi connectivity index (χ2v) is 5.03. The van der Waals surface area contributed by atoms with Gasteiger partial charge in [0, 0.05) is 12.1 Å². The first-order chi connectivity index (χ1) is 7.67. The van der Waals surface area contributed by atoms with Crippen molar-refractivity contribution in [2.24, 2.45) is 5.84 Å². The molecule has 0 bridgehead atoms. The summed E-state index contributed by atoms with van der Waals surface area (Å²) in [6, 6.07) is 2.80. The molecule has 3 nitrogen and oxygen atoms in total. The van der Waals surface area contributed by atoms with Gasteiger partial charge >= 0.3 is 0 Å². The summed E-state index contributed by atoms with van der Waals surface area (Å²) >= 11 is 6.06. The van der Waals surface area contributed by atoms with E-state index < -0.39 is 5.41 Å². The number of nitrogens with two attached hydrogens (primary N) is 1. The summed E-state index contributed by atoms with van der Waals surface area (Å²) < 4.78 is 13.5. The molecule has 1 aromatic rings. The molecular weight excluding hydrogens is 243 g/mol. The van der Waals surface area contributed by atoms with Gasteiger partial charge in [0.15, 0.2) is 0 Å². The molecule has 1 amide bonds. The number of hydrogen-bond acceptors (Lipinski definition) is 2. The number of benzene rings is 1. The molecule has 0 fully saturated rings. The third-order valence-corrected chi connectivity index (χ3v) is 3.09. The molecule has 0 aromatic heterocycles. The molecule has 94 valence electrons. The fourth-order valence-corrected chi connectivity index (χ4v) is 2.14. The topological polar surface area (TPSA) is 46.3 Å². The maximum absolute atomic E-state index is 13.5. The zero-order valence-corrected chi connectivity index (χ0v) is 11.1. The van der Waals surface area contributed by atoms with Gasteiger partial charge in [-0.05, 0) is 44.0 Å². The molecule has 0 saturated heterocycles. The largest absolute Gasteiger partial charge is 0.283 e. The molecule has 0 aliphatic heterocycles. The monoisotopic (exact) mass is 258 g/mol. The number of halogens is 2. The number of amides is 1. The Kier molecular flexibility index (Phi) is 3.79. The number of likely N-dealkylation sites (N-methyl/N-ethyl adjacent to an activating group) is 1. The van der Waals surface area contributed by atoms with Crippen LogP contribution in [0.1, 0.15) is 25.0 Å². The Morgan fingerprint density at radius 2 is 2.00 bits per heavy atom. The molecule has 0 unspecified atom stereocenters. The molecule has 17 heavy (non-hydrogen) atoms. The van der Waals surface area contributed by atoms with Crippen LogP contribution in [-0.4, -0.2) is 18.0 Å². The maximum atomic E-state index is 13.5. The smallest absolute Gasteiger partial charge is 0.246 e. The van der Waals surface area contributed by atoms with E-state index in [2.05, 4.69) is 0 Å². The van der Waals surface area contributed by atoms with Crippen molar-refractivity contribution in [3.8, 4) is 0 Å².